The largest absolute Gasteiger partial charge is 0.492 e. The van der Waals surface area contributed by atoms with E-state index in [4.69, 9.17) is 69.8 Å². The molecule has 3 aliphatic heterocycles. The Morgan fingerprint density at radius 1 is 0.379 bits per heavy atom. The van der Waals surface area contributed by atoms with E-state index in [1.54, 1.807) is 32.2 Å². The van der Waals surface area contributed by atoms with Crippen molar-refractivity contribution in [1.82, 2.24) is 89.4 Å². The number of piperidine rings is 1. The van der Waals surface area contributed by atoms with E-state index in [-0.39, 0.29) is 40.9 Å². The van der Waals surface area contributed by atoms with Crippen LogP contribution in [0.3, 0.4) is 0 Å². The van der Waals surface area contributed by atoms with Crippen LogP contribution in [-0.2, 0) is 48.1 Å². The normalized spacial score (nSPS) is 14.1. The van der Waals surface area contributed by atoms with Crippen molar-refractivity contribution in [3.8, 4) is 68.1 Å². The fourth-order valence-electron chi connectivity index (χ4n) is 15.2. The van der Waals surface area contributed by atoms with Gasteiger partial charge in [-0.25, -0.2) is 48.7 Å². The van der Waals surface area contributed by atoms with Crippen molar-refractivity contribution in [3.05, 3.63) is 211 Å². The zero-order valence-corrected chi connectivity index (χ0v) is 75.4. The molecule has 684 valence electrons. The van der Waals surface area contributed by atoms with Crippen LogP contribution in [0.1, 0.15) is 110 Å². The average Bonchev–Trinajstić information content (AvgIpc) is 1.62. The average molecular weight is 1790 g/mol. The fourth-order valence-corrected chi connectivity index (χ4v) is 15.2. The van der Waals surface area contributed by atoms with Crippen molar-refractivity contribution >= 4 is 91.3 Å². The first-order valence-electron chi connectivity index (χ1n) is 44.1. The summed E-state index contributed by atoms with van der Waals surface area (Å²) in [6.45, 7) is 31.7. The van der Waals surface area contributed by atoms with Crippen LogP contribution in [0.2, 0.25) is 0 Å². The number of hydrogen-bond acceptors (Lipinski definition) is 29. The molecule has 0 radical (unpaired) electrons. The van der Waals surface area contributed by atoms with Gasteiger partial charge in [-0.1, -0.05) is 102 Å². The predicted octanol–water partition coefficient (Wildman–Crippen LogP) is 14.3. The van der Waals surface area contributed by atoms with Gasteiger partial charge in [0, 0.05) is 114 Å². The summed E-state index contributed by atoms with van der Waals surface area (Å²) >= 11 is 0. The van der Waals surface area contributed by atoms with Gasteiger partial charge in [0.2, 0.25) is 11.8 Å². The molecule has 10 N–H and O–H groups in total. The van der Waals surface area contributed by atoms with Gasteiger partial charge in [-0.05, 0) is 153 Å². The summed E-state index contributed by atoms with van der Waals surface area (Å²) in [5.74, 6) is 5.44. The smallest absolute Gasteiger partial charge is 0.324 e. The highest BCUT2D eigenvalue weighted by Crippen LogP contribution is 2.38. The number of likely N-dealkylation sites (tertiary alicyclic amines) is 1. The topological polar surface area (TPSA) is 442 Å². The number of morpholine rings is 2. The number of carbonyl (C=O) groups excluding carboxylic acids is 3. The summed E-state index contributed by atoms with van der Waals surface area (Å²) in [6, 6.07) is 50.3. The highest BCUT2D eigenvalue weighted by atomic mass is 16.5. The van der Waals surface area contributed by atoms with Crippen molar-refractivity contribution in [3.63, 3.8) is 0 Å². The van der Waals surface area contributed by atoms with Crippen LogP contribution in [0, 0.1) is 0 Å². The Bertz CT molecular complexity index is 6470. The van der Waals surface area contributed by atoms with E-state index in [9.17, 15) is 14.4 Å². The molecule has 15 aromatic rings. The van der Waals surface area contributed by atoms with Gasteiger partial charge in [-0.2, -0.15) is 15.3 Å². The molecule has 0 bridgehead atoms. The van der Waals surface area contributed by atoms with E-state index in [0.29, 0.717) is 133 Å². The number of hydrogen-bond donors (Lipinski definition) is 7. The number of carbonyl (C=O) groups is 3. The summed E-state index contributed by atoms with van der Waals surface area (Å²) in [5, 5.41) is 40.0. The van der Waals surface area contributed by atoms with Crippen LogP contribution in [0.5, 0.6) is 17.2 Å². The second kappa shape index (κ2) is 40.6. The van der Waals surface area contributed by atoms with Crippen molar-refractivity contribution in [2.75, 3.05) is 144 Å². The van der Waals surface area contributed by atoms with Crippen molar-refractivity contribution < 1.29 is 51.6 Å². The van der Waals surface area contributed by atoms with Crippen LogP contribution in [-0.4, -0.2) is 212 Å². The van der Waals surface area contributed by atoms with Crippen LogP contribution >= 0.6 is 0 Å². The number of anilines is 7. The maximum Gasteiger partial charge on any atom is 0.324 e. The predicted molar refractivity (Wildman–Crippen MR) is 504 cm³/mol. The molecular weight excluding hydrogens is 1680 g/mol. The molecule has 3 fully saturated rings. The van der Waals surface area contributed by atoms with E-state index in [0.717, 1.165) is 142 Å². The Balaban J connectivity index is 0.000000144. The molecule has 0 aliphatic carbocycles. The molecule has 4 amide bonds. The van der Waals surface area contributed by atoms with Gasteiger partial charge in [0.1, 0.15) is 108 Å². The van der Waals surface area contributed by atoms with Crippen LogP contribution in [0.15, 0.2) is 196 Å². The number of nitrogens with one attached hydrogen (secondary N) is 4. The Morgan fingerprint density at radius 3 is 1.21 bits per heavy atom. The first-order valence-corrected chi connectivity index (χ1v) is 44.1. The van der Waals surface area contributed by atoms with Crippen molar-refractivity contribution in [2.45, 2.75) is 111 Å². The number of amides is 4. The minimum absolute atomic E-state index is 0.112. The van der Waals surface area contributed by atoms with Crippen molar-refractivity contribution in [2.24, 2.45) is 0 Å². The Hall–Kier alpha value is -14.6. The number of rotatable bonds is 26. The van der Waals surface area contributed by atoms with Gasteiger partial charge < -0.3 is 70.4 Å². The molecule has 18 rings (SSSR count). The maximum absolute atomic E-state index is 12.7. The van der Waals surface area contributed by atoms with E-state index in [2.05, 4.69) is 81.3 Å². The number of nitrogens with zero attached hydrogens (tertiary/aromatic N) is 18. The van der Waals surface area contributed by atoms with E-state index in [1.807, 2.05) is 208 Å². The number of nitrogen functional groups attached to an aromatic ring is 3. The standard InChI is InChI=1S/C33H38N8O3.C32H36N8O4.C31H35N9O4/c1-33(2,3)27-19-24(39-44-27)20-28(42)37-23-9-11-25(12-10-23)41-32-29(31(34)35-21-36-32)30(38-41)22-7-13-26(14-8-22)43-18-17-40-15-5-4-6-16-40;1-32(2,3)26-18-23(38-44-26)19-27(41)36-22-7-9-24(10-8-22)40-31-28(30(33)34-20-35-31)29(37-40)21-5-4-6-25(17-21)43-16-13-39-11-14-42-15-12-39;1-31(2,3)24-18-25(38-44-24)36-30(41)35-21-5-4-6-22(17-21)40-29-26(28(32)33-19-34-29)27(37-40)20-7-9-23(10-8-20)43-16-13-39-11-14-42-15-12-39/h7-14,19,21H,4-6,15-18,20H2,1-3H3,(H,37,42)(H2,34,35,36);4-10,17-18,20H,11-16,19H2,1-3H3,(H,36,41)(H2,33,34,35);4-10,17-19H,11-16H2,1-3H3,(H2,32,33,34)(H2,35,36,38,41). The second-order valence-corrected chi connectivity index (χ2v) is 35.5. The van der Waals surface area contributed by atoms with Crippen LogP contribution < -0.4 is 52.7 Å². The first kappa shape index (κ1) is 90.7. The van der Waals surface area contributed by atoms with Crippen LogP contribution in [0.25, 0.3) is 83.9 Å². The molecule has 9 aromatic heterocycles. The molecular formula is C96H109N25O11. The molecule has 6 aromatic carbocycles. The molecule has 36 nitrogen and oxygen atoms in total. The summed E-state index contributed by atoms with van der Waals surface area (Å²) in [4.78, 5) is 71.4. The lowest BCUT2D eigenvalue weighted by molar-refractivity contribution is -0.116. The third-order valence-corrected chi connectivity index (χ3v) is 22.4. The van der Waals surface area contributed by atoms with E-state index < -0.39 is 6.03 Å². The number of benzene rings is 6. The summed E-state index contributed by atoms with van der Waals surface area (Å²) in [6.07, 6.45) is 8.36. The SMILES string of the molecule is CC(C)(C)c1cc(CC(=O)Nc2ccc(-n3nc(-c4ccc(OCCN5CCCCC5)cc4)c4c(N)ncnc43)cc2)no1.CC(C)(C)c1cc(CC(=O)Nc2ccc(-n3nc(-c4cccc(OCCN5CCOCC5)c4)c4c(N)ncnc43)cc2)no1.CC(C)(C)c1cc(NC(=O)Nc2cccc(-n3nc(-c4ccc(OCCN5CCOCC5)cc4)c4c(N)ncnc43)c2)no1. The minimum Gasteiger partial charge on any atom is -0.492 e. The number of ether oxygens (including phenoxy) is 5. The molecule has 3 aliphatic rings. The molecule has 0 unspecified atom stereocenters. The maximum atomic E-state index is 12.7. The molecule has 132 heavy (non-hydrogen) atoms. The fraction of sp³-hybridized carbons (Fsp3) is 0.344. The quantitative estimate of drug-likeness (QED) is 0.0265. The third-order valence-electron chi connectivity index (χ3n) is 22.4. The summed E-state index contributed by atoms with van der Waals surface area (Å²) in [5.41, 5.74) is 29.9. The number of fused-ring (bicyclic) bond motifs is 3. The lowest BCUT2D eigenvalue weighted by Gasteiger charge is -2.26. The van der Waals surface area contributed by atoms with Crippen LogP contribution in [0.4, 0.5) is 45.1 Å². The lowest BCUT2D eigenvalue weighted by atomic mass is 9.93. The Morgan fingerprint density at radius 2 is 0.780 bits per heavy atom. The zero-order chi connectivity index (χ0) is 92.0. The van der Waals surface area contributed by atoms with Gasteiger partial charge in [-0.3, -0.25) is 29.6 Å². The molecule has 36 heteroatoms. The third kappa shape index (κ3) is 22.6. The van der Waals surface area contributed by atoms with Gasteiger partial charge in [0.05, 0.1) is 83.9 Å². The molecule has 12 heterocycles. The number of nitrogens with two attached hydrogens (primary N) is 3. The molecule has 0 saturated carbocycles. The van der Waals surface area contributed by atoms with Crippen molar-refractivity contribution in [1.29, 1.82) is 0 Å². The number of aromatic nitrogens is 15. The highest BCUT2D eigenvalue weighted by molar-refractivity contribution is 6.03. The zero-order valence-electron chi connectivity index (χ0n) is 75.4. The van der Waals surface area contributed by atoms with Gasteiger partial charge in [-0.15, -0.1) is 0 Å². The van der Waals surface area contributed by atoms with Gasteiger partial charge >= 0.3 is 6.03 Å². The van der Waals surface area contributed by atoms with E-state index >= 15 is 0 Å². The number of urea groups is 1. The Labute approximate surface area is 762 Å². The van der Waals surface area contributed by atoms with E-state index in [1.165, 1.54) is 38.2 Å². The minimum atomic E-state index is -0.458. The monoisotopic (exact) mass is 1790 g/mol. The molecule has 0 spiro atoms. The van der Waals surface area contributed by atoms with Gasteiger partial charge in [0.15, 0.2) is 22.8 Å². The summed E-state index contributed by atoms with van der Waals surface area (Å²) < 4.78 is 50.2. The van der Waals surface area contributed by atoms with Gasteiger partial charge in [0.25, 0.3) is 0 Å². The second-order valence-electron chi connectivity index (χ2n) is 35.5. The highest BCUT2D eigenvalue weighted by Gasteiger charge is 2.28. The lowest BCUT2D eigenvalue weighted by Crippen LogP contribution is -2.38. The molecule has 3 saturated heterocycles. The summed E-state index contributed by atoms with van der Waals surface area (Å²) in [7, 11) is 0. The Kier molecular flexibility index (Phi) is 27.9. The molecule has 0 atom stereocenters. The first-order chi connectivity index (χ1) is 63.7.